The lowest BCUT2D eigenvalue weighted by Crippen LogP contribution is -2.49. The van der Waals surface area contributed by atoms with Crippen LogP contribution in [-0.2, 0) is 6.42 Å². The summed E-state index contributed by atoms with van der Waals surface area (Å²) in [5.74, 6) is 1.91. The van der Waals surface area contributed by atoms with Gasteiger partial charge in [-0.05, 0) is 31.9 Å². The zero-order valence-electron chi connectivity index (χ0n) is 17.1. The summed E-state index contributed by atoms with van der Waals surface area (Å²) >= 11 is 0. The zero-order chi connectivity index (χ0) is 19.8. The van der Waals surface area contributed by atoms with E-state index in [1.54, 1.807) is 13.2 Å². The molecule has 0 saturated carbocycles. The lowest BCUT2D eigenvalue weighted by Gasteiger charge is -2.33. The summed E-state index contributed by atoms with van der Waals surface area (Å²) in [5.41, 5.74) is 1.90. The number of piperidine rings is 1. The molecular weight excluding hydrogens is 481 g/mol. The van der Waals surface area contributed by atoms with Crippen LogP contribution in [0, 0.1) is 0 Å². The van der Waals surface area contributed by atoms with Crippen LogP contribution < -0.4 is 10.6 Å². The Morgan fingerprint density at radius 3 is 2.79 bits per heavy atom. The molecule has 3 rings (SSSR count). The van der Waals surface area contributed by atoms with Crippen LogP contribution in [0.15, 0.2) is 46.1 Å². The molecule has 0 radical (unpaired) electrons. The first-order valence-corrected chi connectivity index (χ1v) is 9.72. The fourth-order valence-corrected chi connectivity index (χ4v) is 3.25. The van der Waals surface area contributed by atoms with Crippen LogP contribution in [-0.4, -0.2) is 65.3 Å². The molecule has 158 valence electrons. The summed E-state index contributed by atoms with van der Waals surface area (Å²) in [6, 6.07) is 6.04. The molecule has 1 aliphatic heterocycles. The van der Waals surface area contributed by atoms with Crippen molar-refractivity contribution in [2.45, 2.75) is 32.2 Å². The van der Waals surface area contributed by atoms with Gasteiger partial charge in [-0.3, -0.25) is 14.9 Å². The molecule has 2 N–H and O–H groups in total. The van der Waals surface area contributed by atoms with Gasteiger partial charge >= 0.3 is 0 Å². The molecule has 3 heterocycles. The normalized spacial score (nSPS) is 15.6. The molecule has 0 aliphatic carbocycles. The Morgan fingerprint density at radius 2 is 2.14 bits per heavy atom. The topological polar surface area (TPSA) is 91.5 Å². The van der Waals surface area contributed by atoms with E-state index in [1.807, 2.05) is 18.2 Å². The lowest BCUT2D eigenvalue weighted by molar-refractivity contribution is 0.221. The summed E-state index contributed by atoms with van der Waals surface area (Å²) in [6.45, 7) is 9.92. The summed E-state index contributed by atoms with van der Waals surface area (Å²) in [4.78, 5) is 15.4. The molecular formula is C20H30IN7O. The Morgan fingerprint density at radius 1 is 1.34 bits per heavy atom. The van der Waals surface area contributed by atoms with Gasteiger partial charge in [-0.1, -0.05) is 23.4 Å². The number of nitrogens with one attached hydrogen (secondary N) is 2. The molecule has 0 aromatic carbocycles. The van der Waals surface area contributed by atoms with Gasteiger partial charge in [0.05, 0.1) is 0 Å². The van der Waals surface area contributed by atoms with E-state index in [2.05, 4.69) is 49.2 Å². The van der Waals surface area contributed by atoms with E-state index in [9.17, 15) is 0 Å². The summed E-state index contributed by atoms with van der Waals surface area (Å²) < 4.78 is 5.29. The van der Waals surface area contributed by atoms with Gasteiger partial charge in [0, 0.05) is 51.9 Å². The third-order valence-electron chi connectivity index (χ3n) is 4.64. The third-order valence-corrected chi connectivity index (χ3v) is 4.64. The van der Waals surface area contributed by atoms with Crippen molar-refractivity contribution < 1.29 is 4.52 Å². The molecule has 0 amide bonds. The number of guanidine groups is 1. The highest BCUT2D eigenvalue weighted by atomic mass is 127. The average molecular weight is 511 g/mol. The number of hydrogen-bond acceptors (Lipinski definition) is 6. The molecule has 1 aliphatic rings. The Labute approximate surface area is 189 Å². The number of nitrogens with zero attached hydrogens (tertiary/aromatic N) is 5. The second-order valence-electron chi connectivity index (χ2n) is 7.13. The highest BCUT2D eigenvalue weighted by molar-refractivity contribution is 14.0. The van der Waals surface area contributed by atoms with Gasteiger partial charge < -0.3 is 15.2 Å². The number of halogens is 1. The molecule has 0 atom stereocenters. The number of aromatic nitrogens is 3. The van der Waals surface area contributed by atoms with Crippen molar-refractivity contribution in [3.8, 4) is 11.6 Å². The first-order chi connectivity index (χ1) is 13.6. The van der Waals surface area contributed by atoms with Crippen LogP contribution in [0.25, 0.3) is 11.6 Å². The molecule has 1 saturated heterocycles. The van der Waals surface area contributed by atoms with Crippen molar-refractivity contribution in [1.82, 2.24) is 30.7 Å². The third kappa shape index (κ3) is 7.39. The van der Waals surface area contributed by atoms with E-state index in [1.165, 1.54) is 5.57 Å². The van der Waals surface area contributed by atoms with E-state index >= 15 is 0 Å². The van der Waals surface area contributed by atoms with Gasteiger partial charge in [-0.2, -0.15) is 4.98 Å². The van der Waals surface area contributed by atoms with Crippen LogP contribution in [0.2, 0.25) is 0 Å². The number of aliphatic imine (C=N–C) groups is 1. The van der Waals surface area contributed by atoms with Gasteiger partial charge in [0.25, 0.3) is 5.89 Å². The first-order valence-electron chi connectivity index (χ1n) is 9.72. The summed E-state index contributed by atoms with van der Waals surface area (Å²) in [6.07, 6.45) is 4.56. The smallest absolute Gasteiger partial charge is 0.276 e. The van der Waals surface area contributed by atoms with Crippen molar-refractivity contribution >= 4 is 29.9 Å². The SMILES string of the molecule is C=C(C)CN1CCC(NC(=NC)NCCc2noc(-c3ccccn3)n2)CC1.I. The van der Waals surface area contributed by atoms with Gasteiger partial charge in [0.2, 0.25) is 0 Å². The van der Waals surface area contributed by atoms with Crippen LogP contribution >= 0.6 is 24.0 Å². The molecule has 2 aromatic rings. The van der Waals surface area contributed by atoms with Crippen molar-refractivity contribution in [3.63, 3.8) is 0 Å². The highest BCUT2D eigenvalue weighted by Gasteiger charge is 2.19. The maximum absolute atomic E-state index is 5.29. The molecule has 9 heteroatoms. The molecule has 29 heavy (non-hydrogen) atoms. The summed E-state index contributed by atoms with van der Waals surface area (Å²) in [5, 5.41) is 10.9. The average Bonchev–Trinajstić information content (AvgIpc) is 3.18. The van der Waals surface area contributed by atoms with Crippen molar-refractivity contribution in [2.24, 2.45) is 4.99 Å². The fourth-order valence-electron chi connectivity index (χ4n) is 3.25. The Kier molecular flexibility index (Phi) is 9.52. The molecule has 1 fully saturated rings. The van der Waals surface area contributed by atoms with Crippen LogP contribution in [0.4, 0.5) is 0 Å². The van der Waals surface area contributed by atoms with Crippen molar-refractivity contribution in [2.75, 3.05) is 33.2 Å². The van der Waals surface area contributed by atoms with Crippen LogP contribution in [0.5, 0.6) is 0 Å². The Bertz CT molecular complexity index is 785. The predicted molar refractivity (Wildman–Crippen MR) is 125 cm³/mol. The number of likely N-dealkylation sites (tertiary alicyclic amines) is 1. The molecule has 0 bridgehead atoms. The van der Waals surface area contributed by atoms with Gasteiger partial charge in [0.1, 0.15) is 5.69 Å². The van der Waals surface area contributed by atoms with Crippen molar-refractivity contribution in [1.29, 1.82) is 0 Å². The van der Waals surface area contributed by atoms with Crippen LogP contribution in [0.1, 0.15) is 25.6 Å². The van der Waals surface area contributed by atoms with Gasteiger partial charge in [-0.15, -0.1) is 24.0 Å². The van der Waals surface area contributed by atoms with Crippen molar-refractivity contribution in [3.05, 3.63) is 42.4 Å². The Balaban J connectivity index is 0.00000300. The zero-order valence-corrected chi connectivity index (χ0v) is 19.4. The maximum Gasteiger partial charge on any atom is 0.276 e. The molecule has 8 nitrogen and oxygen atoms in total. The number of rotatable bonds is 7. The molecule has 2 aromatic heterocycles. The second kappa shape index (κ2) is 11.9. The second-order valence-corrected chi connectivity index (χ2v) is 7.13. The van der Waals surface area contributed by atoms with Gasteiger partial charge in [-0.25, -0.2) is 0 Å². The monoisotopic (exact) mass is 511 g/mol. The van der Waals surface area contributed by atoms with E-state index < -0.39 is 0 Å². The quantitative estimate of drug-likeness (QED) is 0.256. The van der Waals surface area contributed by atoms with E-state index in [-0.39, 0.29) is 24.0 Å². The molecule has 0 spiro atoms. The minimum atomic E-state index is 0. The van der Waals surface area contributed by atoms with E-state index in [4.69, 9.17) is 4.52 Å². The highest BCUT2D eigenvalue weighted by Crippen LogP contribution is 2.13. The molecule has 0 unspecified atom stereocenters. The fraction of sp³-hybridized carbons (Fsp3) is 0.500. The number of hydrogen-bond donors (Lipinski definition) is 2. The maximum atomic E-state index is 5.29. The number of pyridine rings is 1. The van der Waals surface area contributed by atoms with E-state index in [0.717, 1.165) is 38.4 Å². The predicted octanol–water partition coefficient (Wildman–Crippen LogP) is 2.50. The van der Waals surface area contributed by atoms with Gasteiger partial charge in [0.15, 0.2) is 11.8 Å². The first kappa shape index (κ1) is 23.3. The minimum Gasteiger partial charge on any atom is -0.356 e. The standard InChI is InChI=1S/C20H29N7O.HI/c1-15(2)14-27-12-8-16(9-13-27)24-20(21-3)23-11-7-18-25-19(28-26-18)17-6-4-5-10-22-17;/h4-6,10,16H,1,7-9,11-14H2,2-3H3,(H2,21,23,24);1H. The largest absolute Gasteiger partial charge is 0.356 e. The van der Waals surface area contributed by atoms with E-state index in [0.29, 0.717) is 36.4 Å². The summed E-state index contributed by atoms with van der Waals surface area (Å²) in [7, 11) is 1.79. The minimum absolute atomic E-state index is 0. The Hall–Kier alpha value is -2.01. The van der Waals surface area contributed by atoms with Crippen LogP contribution in [0.3, 0.4) is 0 Å². The lowest BCUT2D eigenvalue weighted by atomic mass is 10.0.